The third-order valence-electron chi connectivity index (χ3n) is 2.04. The number of hydrogen-bond acceptors (Lipinski definition) is 4. The van der Waals surface area contributed by atoms with Crippen molar-refractivity contribution in [2.75, 3.05) is 20.7 Å². The first-order chi connectivity index (χ1) is 7.10. The van der Waals surface area contributed by atoms with E-state index in [-0.39, 0.29) is 10.8 Å². The summed E-state index contributed by atoms with van der Waals surface area (Å²) >= 11 is 5.77. The molecule has 0 amide bonds. The van der Waals surface area contributed by atoms with Gasteiger partial charge in [-0.1, -0.05) is 11.6 Å². The van der Waals surface area contributed by atoms with E-state index in [2.05, 4.69) is 5.32 Å². The van der Waals surface area contributed by atoms with Gasteiger partial charge in [0.05, 0.1) is 13.2 Å². The molecule has 0 heterocycles. The number of ether oxygens (including phenoxy) is 1. The molecule has 84 valence electrons. The molecule has 1 rings (SSSR count). The Morgan fingerprint density at radius 1 is 1.53 bits per heavy atom. The Bertz CT molecular complexity index is 344. The van der Waals surface area contributed by atoms with Crippen molar-refractivity contribution in [1.82, 2.24) is 5.32 Å². The second-order valence-corrected chi connectivity index (χ2v) is 3.51. The second kappa shape index (κ2) is 5.21. The minimum absolute atomic E-state index is 0.0961. The number of aromatic hydroxyl groups is 1. The molecular weight excluding hydrogens is 218 g/mol. The van der Waals surface area contributed by atoms with E-state index in [1.165, 1.54) is 13.2 Å². The van der Waals surface area contributed by atoms with Crippen LogP contribution in [0, 0.1) is 0 Å². The van der Waals surface area contributed by atoms with E-state index in [4.69, 9.17) is 16.3 Å². The molecule has 0 saturated carbocycles. The van der Waals surface area contributed by atoms with E-state index >= 15 is 0 Å². The van der Waals surface area contributed by atoms with E-state index in [1.54, 1.807) is 13.1 Å². The van der Waals surface area contributed by atoms with Crippen molar-refractivity contribution in [3.8, 4) is 11.5 Å². The fourth-order valence-electron chi connectivity index (χ4n) is 1.26. The zero-order valence-corrected chi connectivity index (χ0v) is 9.38. The van der Waals surface area contributed by atoms with Gasteiger partial charge in [0.2, 0.25) is 0 Å². The van der Waals surface area contributed by atoms with Crippen molar-refractivity contribution < 1.29 is 14.9 Å². The molecule has 0 fully saturated rings. The Morgan fingerprint density at radius 3 is 2.73 bits per heavy atom. The van der Waals surface area contributed by atoms with Crippen LogP contribution >= 0.6 is 11.6 Å². The molecule has 0 aromatic heterocycles. The molecule has 4 nitrogen and oxygen atoms in total. The topological polar surface area (TPSA) is 61.7 Å². The first-order valence-corrected chi connectivity index (χ1v) is 4.87. The summed E-state index contributed by atoms with van der Waals surface area (Å²) in [5, 5.41) is 22.2. The highest BCUT2D eigenvalue weighted by Gasteiger charge is 2.13. The number of methoxy groups -OCH3 is 1. The molecule has 0 aliphatic carbocycles. The van der Waals surface area contributed by atoms with Crippen LogP contribution in [0.3, 0.4) is 0 Å². The Labute approximate surface area is 93.4 Å². The molecule has 0 radical (unpaired) electrons. The van der Waals surface area contributed by atoms with Gasteiger partial charge in [-0.2, -0.15) is 0 Å². The number of rotatable bonds is 4. The highest BCUT2D eigenvalue weighted by Crippen LogP contribution is 2.36. The molecule has 5 heteroatoms. The molecule has 1 aromatic rings. The molecule has 3 N–H and O–H groups in total. The lowest BCUT2D eigenvalue weighted by atomic mass is 10.1. The largest absolute Gasteiger partial charge is 0.506 e. The van der Waals surface area contributed by atoms with Gasteiger partial charge in [-0.15, -0.1) is 0 Å². The number of aliphatic hydroxyl groups excluding tert-OH is 1. The number of aliphatic hydroxyl groups is 1. The number of likely N-dealkylation sites (N-methyl/N-ethyl adjacent to an activating group) is 1. The van der Waals surface area contributed by atoms with Crippen LogP contribution in [0.5, 0.6) is 11.5 Å². The maximum Gasteiger partial charge on any atom is 0.141 e. The van der Waals surface area contributed by atoms with Crippen LogP contribution in [0.4, 0.5) is 0 Å². The summed E-state index contributed by atoms with van der Waals surface area (Å²) in [5.41, 5.74) is 0.558. The van der Waals surface area contributed by atoms with Gasteiger partial charge < -0.3 is 20.3 Å². The maximum absolute atomic E-state index is 9.68. The quantitative estimate of drug-likeness (QED) is 0.731. The molecule has 1 atom stereocenters. The van der Waals surface area contributed by atoms with Crippen LogP contribution < -0.4 is 10.1 Å². The summed E-state index contributed by atoms with van der Waals surface area (Å²) in [6.07, 6.45) is -0.702. The monoisotopic (exact) mass is 231 g/mol. The predicted octanol–water partition coefficient (Wildman–Crippen LogP) is 1.31. The van der Waals surface area contributed by atoms with Crippen LogP contribution in [0.1, 0.15) is 11.7 Å². The highest BCUT2D eigenvalue weighted by atomic mass is 35.5. The predicted molar refractivity (Wildman–Crippen MR) is 58.6 cm³/mol. The summed E-state index contributed by atoms with van der Waals surface area (Å²) in [7, 11) is 3.19. The molecule has 15 heavy (non-hydrogen) atoms. The Kier molecular flexibility index (Phi) is 4.20. The summed E-state index contributed by atoms with van der Waals surface area (Å²) in [6, 6.07) is 3.02. The van der Waals surface area contributed by atoms with Gasteiger partial charge in [0.15, 0.2) is 0 Å². The maximum atomic E-state index is 9.68. The standard InChI is InChI=1S/C10H14ClNO3/c1-12-5-8(14)6-3-7(13)10(11)9(4-6)15-2/h3-4,8,12-14H,5H2,1-2H3. The van der Waals surface area contributed by atoms with Gasteiger partial charge in [0, 0.05) is 6.54 Å². The van der Waals surface area contributed by atoms with Crippen molar-refractivity contribution >= 4 is 11.6 Å². The van der Waals surface area contributed by atoms with Gasteiger partial charge in [0.1, 0.15) is 16.5 Å². The van der Waals surface area contributed by atoms with Gasteiger partial charge in [-0.05, 0) is 24.7 Å². The van der Waals surface area contributed by atoms with E-state index in [0.717, 1.165) is 0 Å². The Morgan fingerprint density at radius 2 is 2.20 bits per heavy atom. The highest BCUT2D eigenvalue weighted by molar-refractivity contribution is 6.33. The summed E-state index contributed by atoms with van der Waals surface area (Å²) in [4.78, 5) is 0. The first kappa shape index (κ1) is 12.1. The Balaban J connectivity index is 3.05. The summed E-state index contributed by atoms with van der Waals surface area (Å²) in [5.74, 6) is 0.253. The van der Waals surface area contributed by atoms with Gasteiger partial charge >= 0.3 is 0 Å². The average Bonchev–Trinajstić information content (AvgIpc) is 2.22. The number of hydrogen-bond donors (Lipinski definition) is 3. The third-order valence-corrected chi connectivity index (χ3v) is 2.42. The molecule has 0 saturated heterocycles. The zero-order chi connectivity index (χ0) is 11.4. The normalized spacial score (nSPS) is 12.5. The van der Waals surface area contributed by atoms with Crippen molar-refractivity contribution in [2.24, 2.45) is 0 Å². The smallest absolute Gasteiger partial charge is 0.141 e. The number of phenolic OH excluding ortho intramolecular Hbond substituents is 1. The lowest BCUT2D eigenvalue weighted by Gasteiger charge is -2.13. The molecule has 1 aromatic carbocycles. The number of phenols is 1. The van der Waals surface area contributed by atoms with Crippen LogP contribution in [0.25, 0.3) is 0 Å². The van der Waals surface area contributed by atoms with E-state index in [1.807, 2.05) is 0 Å². The molecular formula is C10H14ClNO3. The van der Waals surface area contributed by atoms with Crippen LogP contribution in [0.15, 0.2) is 12.1 Å². The van der Waals surface area contributed by atoms with Crippen molar-refractivity contribution in [3.05, 3.63) is 22.7 Å². The minimum Gasteiger partial charge on any atom is -0.506 e. The second-order valence-electron chi connectivity index (χ2n) is 3.13. The Hall–Kier alpha value is -0.970. The zero-order valence-electron chi connectivity index (χ0n) is 8.62. The third kappa shape index (κ3) is 2.75. The molecule has 0 spiro atoms. The molecule has 0 bridgehead atoms. The lowest BCUT2D eigenvalue weighted by Crippen LogP contribution is -2.16. The number of benzene rings is 1. The lowest BCUT2D eigenvalue weighted by molar-refractivity contribution is 0.177. The van der Waals surface area contributed by atoms with Crippen LogP contribution in [-0.2, 0) is 0 Å². The average molecular weight is 232 g/mol. The van der Waals surface area contributed by atoms with E-state index in [9.17, 15) is 10.2 Å². The van der Waals surface area contributed by atoms with Gasteiger partial charge in [-0.3, -0.25) is 0 Å². The van der Waals surface area contributed by atoms with Crippen molar-refractivity contribution in [1.29, 1.82) is 0 Å². The number of halogens is 1. The number of nitrogens with one attached hydrogen (secondary N) is 1. The molecule has 0 aliphatic rings. The van der Waals surface area contributed by atoms with Crippen molar-refractivity contribution in [2.45, 2.75) is 6.10 Å². The molecule has 0 aliphatic heterocycles. The minimum atomic E-state index is -0.702. The summed E-state index contributed by atoms with van der Waals surface area (Å²) in [6.45, 7) is 0.393. The van der Waals surface area contributed by atoms with Crippen molar-refractivity contribution in [3.63, 3.8) is 0 Å². The van der Waals surface area contributed by atoms with Gasteiger partial charge in [0.25, 0.3) is 0 Å². The van der Waals surface area contributed by atoms with Gasteiger partial charge in [-0.25, -0.2) is 0 Å². The van der Waals surface area contributed by atoms with Crippen LogP contribution in [0.2, 0.25) is 5.02 Å². The van der Waals surface area contributed by atoms with E-state index < -0.39 is 6.10 Å². The summed E-state index contributed by atoms with van der Waals surface area (Å²) < 4.78 is 4.97. The first-order valence-electron chi connectivity index (χ1n) is 4.49. The fraction of sp³-hybridized carbons (Fsp3) is 0.400. The van der Waals surface area contributed by atoms with Crippen LogP contribution in [-0.4, -0.2) is 30.9 Å². The SMILES string of the molecule is CNCC(O)c1cc(O)c(Cl)c(OC)c1. The molecule has 1 unspecified atom stereocenters. The fourth-order valence-corrected chi connectivity index (χ4v) is 1.44. The van der Waals surface area contributed by atoms with E-state index in [0.29, 0.717) is 17.9 Å².